The lowest BCUT2D eigenvalue weighted by molar-refractivity contribution is 0.249. The Morgan fingerprint density at radius 3 is 2.65 bits per heavy atom. The fourth-order valence-corrected chi connectivity index (χ4v) is 2.26. The Bertz CT molecular complexity index is 450. The number of hydrogen-bond acceptors (Lipinski definition) is 2. The van der Waals surface area contributed by atoms with Crippen LogP contribution in [-0.2, 0) is 6.42 Å². The molecule has 0 bridgehead atoms. The molecule has 0 aliphatic carbocycles. The van der Waals surface area contributed by atoms with Crippen LogP contribution in [-0.4, -0.2) is 38.0 Å². The summed E-state index contributed by atoms with van der Waals surface area (Å²) in [4.78, 5) is 6.63. The summed E-state index contributed by atoms with van der Waals surface area (Å²) < 4.78 is 0. The number of benzene rings is 1. The molecule has 0 fully saturated rings. The first kappa shape index (κ1) is 16.5. The average molecular weight is 276 g/mol. The molecule has 0 saturated carbocycles. The summed E-state index contributed by atoms with van der Waals surface area (Å²) in [5.74, 6) is 0.477. The Hall–Kier alpha value is -1.55. The second-order valence-corrected chi connectivity index (χ2v) is 6.28. The van der Waals surface area contributed by atoms with Crippen molar-refractivity contribution in [1.82, 2.24) is 4.90 Å². The normalized spacial score (nSPS) is 12.8. The van der Waals surface area contributed by atoms with Crippen molar-refractivity contribution < 1.29 is 0 Å². The molecule has 4 nitrogen and oxygen atoms in total. The number of nitrogens with one attached hydrogen (secondary N) is 1. The van der Waals surface area contributed by atoms with Gasteiger partial charge in [0.25, 0.3) is 0 Å². The molecule has 1 aromatic carbocycles. The van der Waals surface area contributed by atoms with E-state index in [-0.39, 0.29) is 5.41 Å². The van der Waals surface area contributed by atoms with Crippen molar-refractivity contribution in [2.75, 3.05) is 32.5 Å². The van der Waals surface area contributed by atoms with E-state index in [9.17, 15) is 0 Å². The molecule has 3 N–H and O–H groups in total. The molecule has 0 radical (unpaired) electrons. The lowest BCUT2D eigenvalue weighted by Crippen LogP contribution is -2.32. The Kier molecular flexibility index (Phi) is 6.02. The van der Waals surface area contributed by atoms with Gasteiger partial charge in [-0.15, -0.1) is 0 Å². The molecule has 4 heteroatoms. The van der Waals surface area contributed by atoms with Gasteiger partial charge in [-0.05, 0) is 43.6 Å². The van der Waals surface area contributed by atoms with Crippen LogP contribution in [0.15, 0.2) is 29.3 Å². The predicted molar refractivity (Wildman–Crippen MR) is 88.3 cm³/mol. The largest absolute Gasteiger partial charge is 0.370 e. The van der Waals surface area contributed by atoms with E-state index in [1.807, 2.05) is 12.1 Å². The SMILES string of the molecule is CCc1cccc(NC(N)=NCC(C)(C)CN(C)C)c1. The highest BCUT2D eigenvalue weighted by molar-refractivity contribution is 5.92. The van der Waals surface area contributed by atoms with Crippen molar-refractivity contribution in [2.45, 2.75) is 27.2 Å². The molecular weight excluding hydrogens is 248 g/mol. The predicted octanol–water partition coefficient (Wildman–Crippen LogP) is 2.56. The molecule has 0 unspecified atom stereocenters. The van der Waals surface area contributed by atoms with Crippen LogP contribution in [0.3, 0.4) is 0 Å². The third-order valence-corrected chi connectivity index (χ3v) is 3.03. The van der Waals surface area contributed by atoms with E-state index < -0.39 is 0 Å². The molecule has 0 atom stereocenters. The van der Waals surface area contributed by atoms with Crippen LogP contribution in [0.4, 0.5) is 5.69 Å². The third kappa shape index (κ3) is 6.06. The van der Waals surface area contributed by atoms with Crippen LogP contribution in [0.5, 0.6) is 0 Å². The van der Waals surface area contributed by atoms with Gasteiger partial charge in [-0.2, -0.15) is 0 Å². The number of nitrogens with two attached hydrogens (primary N) is 1. The molecule has 0 aromatic heterocycles. The number of hydrogen-bond donors (Lipinski definition) is 2. The number of aliphatic imine (C=N–C) groups is 1. The monoisotopic (exact) mass is 276 g/mol. The second-order valence-electron chi connectivity index (χ2n) is 6.28. The number of nitrogens with zero attached hydrogens (tertiary/aromatic N) is 2. The van der Waals surface area contributed by atoms with Crippen LogP contribution >= 0.6 is 0 Å². The number of anilines is 1. The Labute approximate surface area is 123 Å². The number of aryl methyl sites for hydroxylation is 1. The molecule has 0 heterocycles. The molecule has 112 valence electrons. The van der Waals surface area contributed by atoms with E-state index in [1.165, 1.54) is 5.56 Å². The van der Waals surface area contributed by atoms with Gasteiger partial charge in [-0.3, -0.25) is 4.99 Å². The highest BCUT2D eigenvalue weighted by atomic mass is 15.1. The fourth-order valence-electron chi connectivity index (χ4n) is 2.26. The number of guanidine groups is 1. The van der Waals surface area contributed by atoms with Gasteiger partial charge < -0.3 is 16.0 Å². The second kappa shape index (κ2) is 7.29. The maximum Gasteiger partial charge on any atom is 0.193 e. The lowest BCUT2D eigenvalue weighted by atomic mass is 9.93. The third-order valence-electron chi connectivity index (χ3n) is 3.03. The fraction of sp³-hybridized carbons (Fsp3) is 0.562. The summed E-state index contributed by atoms with van der Waals surface area (Å²) in [5.41, 5.74) is 8.36. The van der Waals surface area contributed by atoms with Crippen LogP contribution in [0.2, 0.25) is 0 Å². The first-order chi connectivity index (χ1) is 9.32. The molecule has 0 aliphatic heterocycles. The molecule has 0 aliphatic rings. The minimum absolute atomic E-state index is 0.112. The van der Waals surface area contributed by atoms with Crippen molar-refractivity contribution in [2.24, 2.45) is 16.1 Å². The summed E-state index contributed by atoms with van der Waals surface area (Å²) in [6, 6.07) is 8.25. The van der Waals surface area contributed by atoms with Gasteiger partial charge in [-0.25, -0.2) is 0 Å². The summed E-state index contributed by atoms with van der Waals surface area (Å²) in [6.07, 6.45) is 1.02. The first-order valence-electron chi connectivity index (χ1n) is 7.13. The van der Waals surface area contributed by atoms with E-state index >= 15 is 0 Å². The van der Waals surface area contributed by atoms with Crippen molar-refractivity contribution in [1.29, 1.82) is 0 Å². The Morgan fingerprint density at radius 2 is 2.05 bits per heavy atom. The summed E-state index contributed by atoms with van der Waals surface area (Å²) in [6.45, 7) is 8.22. The van der Waals surface area contributed by atoms with Crippen molar-refractivity contribution in [3.8, 4) is 0 Å². The zero-order valence-electron chi connectivity index (χ0n) is 13.4. The lowest BCUT2D eigenvalue weighted by Gasteiger charge is -2.26. The quantitative estimate of drug-likeness (QED) is 0.620. The summed E-state index contributed by atoms with van der Waals surface area (Å²) in [7, 11) is 4.15. The van der Waals surface area contributed by atoms with Crippen LogP contribution < -0.4 is 11.1 Å². The van der Waals surface area contributed by atoms with E-state index in [1.54, 1.807) is 0 Å². The van der Waals surface area contributed by atoms with Crippen LogP contribution in [0, 0.1) is 5.41 Å². The highest BCUT2D eigenvalue weighted by Crippen LogP contribution is 2.16. The maximum absolute atomic E-state index is 5.96. The van der Waals surface area contributed by atoms with Gasteiger partial charge in [0.2, 0.25) is 0 Å². The van der Waals surface area contributed by atoms with Crippen molar-refractivity contribution in [3.05, 3.63) is 29.8 Å². The van der Waals surface area contributed by atoms with Gasteiger partial charge in [0, 0.05) is 18.8 Å². The van der Waals surface area contributed by atoms with Gasteiger partial charge in [0.1, 0.15) is 0 Å². The molecular formula is C16H28N4. The average Bonchev–Trinajstić information content (AvgIpc) is 2.35. The van der Waals surface area contributed by atoms with E-state index in [0.29, 0.717) is 12.5 Å². The molecule has 0 saturated heterocycles. The molecule has 0 spiro atoms. The smallest absolute Gasteiger partial charge is 0.193 e. The van der Waals surface area contributed by atoms with Crippen LogP contribution in [0.25, 0.3) is 0 Å². The minimum atomic E-state index is 0.112. The minimum Gasteiger partial charge on any atom is -0.370 e. The summed E-state index contributed by atoms with van der Waals surface area (Å²) in [5, 5.41) is 3.16. The Morgan fingerprint density at radius 1 is 1.35 bits per heavy atom. The number of rotatable bonds is 6. The molecule has 1 aromatic rings. The molecule has 1 rings (SSSR count). The summed E-state index contributed by atoms with van der Waals surface area (Å²) >= 11 is 0. The topological polar surface area (TPSA) is 53.6 Å². The standard InChI is InChI=1S/C16H28N4/c1-6-13-8-7-9-14(10-13)19-15(17)18-11-16(2,3)12-20(4)5/h7-10H,6,11-12H2,1-5H3,(H3,17,18,19). The van der Waals surface area contributed by atoms with Gasteiger partial charge in [-0.1, -0.05) is 32.9 Å². The zero-order valence-corrected chi connectivity index (χ0v) is 13.4. The van der Waals surface area contributed by atoms with E-state index in [4.69, 9.17) is 5.73 Å². The first-order valence-corrected chi connectivity index (χ1v) is 7.13. The van der Waals surface area contributed by atoms with Crippen molar-refractivity contribution in [3.63, 3.8) is 0 Å². The maximum atomic E-state index is 5.96. The van der Waals surface area contributed by atoms with Crippen LogP contribution in [0.1, 0.15) is 26.3 Å². The van der Waals surface area contributed by atoms with E-state index in [2.05, 4.69) is 62.2 Å². The van der Waals surface area contributed by atoms with Gasteiger partial charge >= 0.3 is 0 Å². The van der Waals surface area contributed by atoms with Crippen molar-refractivity contribution >= 4 is 11.6 Å². The van der Waals surface area contributed by atoms with E-state index in [0.717, 1.165) is 18.7 Å². The Balaban J connectivity index is 2.61. The highest BCUT2D eigenvalue weighted by Gasteiger charge is 2.18. The van der Waals surface area contributed by atoms with Gasteiger partial charge in [0.05, 0.1) is 0 Å². The van der Waals surface area contributed by atoms with Gasteiger partial charge in [0.15, 0.2) is 5.96 Å². The molecule has 0 amide bonds. The zero-order chi connectivity index (χ0) is 15.2. The molecule has 20 heavy (non-hydrogen) atoms.